The molecule has 1 aliphatic carbocycles. The third kappa shape index (κ3) is 4.18. The number of carbonyl (C=O) groups is 1. The van der Waals surface area contributed by atoms with Gasteiger partial charge in [-0.1, -0.05) is 42.1 Å². The molecule has 0 saturated heterocycles. The van der Waals surface area contributed by atoms with Crippen molar-refractivity contribution in [2.45, 2.75) is 36.5 Å². The Balaban J connectivity index is 1.40. The fourth-order valence-electron chi connectivity index (χ4n) is 3.35. The van der Waals surface area contributed by atoms with E-state index in [1.165, 1.54) is 29.2 Å². The van der Waals surface area contributed by atoms with Crippen LogP contribution in [0.25, 0.3) is 10.9 Å². The van der Waals surface area contributed by atoms with Crippen LogP contribution in [0.4, 0.5) is 15.2 Å². The van der Waals surface area contributed by atoms with Crippen molar-refractivity contribution in [3.05, 3.63) is 71.2 Å². The van der Waals surface area contributed by atoms with E-state index in [4.69, 9.17) is 9.97 Å². The molecule has 0 bridgehead atoms. The van der Waals surface area contributed by atoms with E-state index in [0.29, 0.717) is 16.8 Å². The number of thioether (sulfide) groups is 1. The van der Waals surface area contributed by atoms with Gasteiger partial charge < -0.3 is 0 Å². The summed E-state index contributed by atoms with van der Waals surface area (Å²) in [5.41, 5.74) is 1.99. The van der Waals surface area contributed by atoms with Crippen molar-refractivity contribution in [3.63, 3.8) is 0 Å². The second kappa shape index (κ2) is 8.36. The topological polar surface area (TPSA) is 59.0 Å². The van der Waals surface area contributed by atoms with E-state index in [-0.39, 0.29) is 11.6 Å². The van der Waals surface area contributed by atoms with Crippen molar-refractivity contribution >= 4 is 50.7 Å². The first-order valence-electron chi connectivity index (χ1n) is 9.99. The normalized spacial score (nSPS) is 13.5. The molecule has 0 radical (unpaired) electrons. The lowest BCUT2D eigenvalue weighted by Crippen LogP contribution is -2.23. The highest BCUT2D eigenvalue weighted by atomic mass is 32.2. The molecule has 2 heterocycles. The quantitative estimate of drug-likeness (QED) is 0.263. The molecule has 0 spiro atoms. The highest BCUT2D eigenvalue weighted by molar-refractivity contribution is 7.98. The summed E-state index contributed by atoms with van der Waals surface area (Å²) in [4.78, 5) is 27.7. The maximum Gasteiger partial charge on any atom is 0.230 e. The van der Waals surface area contributed by atoms with Gasteiger partial charge in [-0.25, -0.2) is 19.3 Å². The molecule has 0 aliphatic heterocycles. The molecule has 0 atom stereocenters. The summed E-state index contributed by atoms with van der Waals surface area (Å²) >= 11 is 2.94. The van der Waals surface area contributed by atoms with Crippen LogP contribution in [0, 0.1) is 5.82 Å². The van der Waals surface area contributed by atoms with Crippen LogP contribution in [-0.2, 0) is 10.5 Å². The lowest BCUT2D eigenvalue weighted by Gasteiger charge is -2.18. The Kier molecular flexibility index (Phi) is 5.41. The number of hydrogen-bond acceptors (Lipinski definition) is 6. The zero-order valence-electron chi connectivity index (χ0n) is 16.8. The average Bonchev–Trinajstić information content (AvgIpc) is 3.52. The van der Waals surface area contributed by atoms with Gasteiger partial charge in [0.15, 0.2) is 5.13 Å². The Bertz CT molecular complexity index is 1270. The van der Waals surface area contributed by atoms with E-state index in [0.717, 1.165) is 40.3 Å². The van der Waals surface area contributed by atoms with Crippen molar-refractivity contribution in [2.75, 3.05) is 4.90 Å². The molecule has 5 rings (SSSR count). The number of thiazole rings is 1. The Labute approximate surface area is 187 Å². The molecule has 1 saturated carbocycles. The van der Waals surface area contributed by atoms with E-state index < -0.39 is 5.82 Å². The highest BCUT2D eigenvalue weighted by Gasteiger charge is 2.27. The number of carbonyl (C=O) groups excluding carboxylic acids is 1. The van der Waals surface area contributed by atoms with E-state index in [9.17, 15) is 9.18 Å². The van der Waals surface area contributed by atoms with Crippen LogP contribution >= 0.6 is 23.1 Å². The Morgan fingerprint density at radius 3 is 2.68 bits per heavy atom. The van der Waals surface area contributed by atoms with Crippen molar-refractivity contribution in [3.8, 4) is 0 Å². The summed E-state index contributed by atoms with van der Waals surface area (Å²) in [5.74, 6) is 1.26. The fourth-order valence-corrected chi connectivity index (χ4v) is 5.25. The number of anilines is 2. The lowest BCUT2D eigenvalue weighted by molar-refractivity contribution is -0.115. The number of benzene rings is 2. The van der Waals surface area contributed by atoms with Gasteiger partial charge in [0.05, 0.1) is 16.9 Å². The Hall–Kier alpha value is -2.84. The lowest BCUT2D eigenvalue weighted by atomic mass is 10.2. The number of rotatable bonds is 6. The molecule has 156 valence electrons. The number of hydrogen-bond donors (Lipinski definition) is 0. The largest absolute Gasteiger partial charge is 0.274 e. The summed E-state index contributed by atoms with van der Waals surface area (Å²) in [6.07, 6.45) is 2.30. The van der Waals surface area contributed by atoms with E-state index in [1.54, 1.807) is 30.0 Å². The minimum Gasteiger partial charge on any atom is -0.274 e. The molecule has 8 heteroatoms. The number of aromatic nitrogens is 3. The van der Waals surface area contributed by atoms with Crippen LogP contribution in [0.2, 0.25) is 0 Å². The number of fused-ring (bicyclic) bond motifs is 1. The first-order chi connectivity index (χ1) is 15.1. The second-order valence-corrected chi connectivity index (χ2v) is 9.19. The van der Waals surface area contributed by atoms with Gasteiger partial charge in [-0.2, -0.15) is 0 Å². The first-order valence-corrected chi connectivity index (χ1v) is 11.9. The zero-order valence-corrected chi connectivity index (χ0v) is 18.4. The molecule has 2 aromatic heterocycles. The zero-order chi connectivity index (χ0) is 21.4. The van der Waals surface area contributed by atoms with E-state index >= 15 is 0 Å². The smallest absolute Gasteiger partial charge is 0.230 e. The molecule has 1 fully saturated rings. The van der Waals surface area contributed by atoms with E-state index in [1.807, 2.05) is 29.6 Å². The van der Waals surface area contributed by atoms with Gasteiger partial charge in [-0.3, -0.25) is 9.69 Å². The molecule has 5 nitrogen and oxygen atoms in total. The first kappa shape index (κ1) is 20.1. The monoisotopic (exact) mass is 450 g/mol. The molecule has 1 amide bonds. The fraction of sp³-hybridized carbons (Fsp3) is 0.217. The molecule has 0 unspecified atom stereocenters. The molecular formula is C23H19FN4OS2. The molecule has 1 aliphatic rings. The van der Waals surface area contributed by atoms with Gasteiger partial charge >= 0.3 is 0 Å². The van der Waals surface area contributed by atoms with Gasteiger partial charge in [0.2, 0.25) is 5.91 Å². The average molecular weight is 451 g/mol. The standard InChI is InChI=1S/C23H19FN4OS2/c1-14(29)28(20-9-5-3-7-18(20)24)23-25-16(13-31-23)12-30-22-17-6-2-4-8-19(17)26-21(27-22)15-10-11-15/h2-9,13,15H,10-12H2,1H3. The summed E-state index contributed by atoms with van der Waals surface area (Å²) in [6.45, 7) is 1.41. The third-order valence-corrected chi connectivity index (χ3v) is 6.92. The molecule has 0 N–H and O–H groups in total. The summed E-state index contributed by atoms with van der Waals surface area (Å²) < 4.78 is 14.3. The van der Waals surface area contributed by atoms with Crippen molar-refractivity contribution < 1.29 is 9.18 Å². The van der Waals surface area contributed by atoms with Crippen LogP contribution in [-0.4, -0.2) is 20.9 Å². The summed E-state index contributed by atoms with van der Waals surface area (Å²) in [6, 6.07) is 14.3. The van der Waals surface area contributed by atoms with Gasteiger partial charge in [0.1, 0.15) is 16.7 Å². The van der Waals surface area contributed by atoms with Crippen LogP contribution in [0.3, 0.4) is 0 Å². The second-order valence-electron chi connectivity index (χ2n) is 7.39. The van der Waals surface area contributed by atoms with Crippen molar-refractivity contribution in [1.29, 1.82) is 0 Å². The van der Waals surface area contributed by atoms with Crippen LogP contribution in [0.1, 0.15) is 37.2 Å². The maximum atomic E-state index is 14.3. The van der Waals surface area contributed by atoms with Crippen molar-refractivity contribution in [1.82, 2.24) is 15.0 Å². The molecule has 4 aromatic rings. The minimum absolute atomic E-state index is 0.208. The summed E-state index contributed by atoms with van der Waals surface area (Å²) in [7, 11) is 0. The number of para-hydroxylation sites is 2. The molecule has 31 heavy (non-hydrogen) atoms. The molecule has 2 aromatic carbocycles. The number of amides is 1. The maximum absolute atomic E-state index is 14.3. The predicted octanol–water partition coefficient (Wildman–Crippen LogP) is 6.08. The van der Waals surface area contributed by atoms with Gasteiger partial charge in [-0.15, -0.1) is 11.3 Å². The predicted molar refractivity (Wildman–Crippen MR) is 122 cm³/mol. The van der Waals surface area contributed by atoms with E-state index in [2.05, 4.69) is 4.98 Å². The Morgan fingerprint density at radius 1 is 1.13 bits per heavy atom. The number of nitrogens with zero attached hydrogens (tertiary/aromatic N) is 4. The minimum atomic E-state index is -0.455. The summed E-state index contributed by atoms with van der Waals surface area (Å²) in [5, 5.41) is 4.34. The Morgan fingerprint density at radius 2 is 1.90 bits per heavy atom. The number of halogens is 1. The van der Waals surface area contributed by atoms with Crippen LogP contribution in [0.15, 0.2) is 58.9 Å². The van der Waals surface area contributed by atoms with Crippen LogP contribution in [0.5, 0.6) is 0 Å². The van der Waals surface area contributed by atoms with Gasteiger partial charge in [0, 0.05) is 29.4 Å². The van der Waals surface area contributed by atoms with Gasteiger partial charge in [0.25, 0.3) is 0 Å². The van der Waals surface area contributed by atoms with Crippen molar-refractivity contribution in [2.24, 2.45) is 0 Å². The molecular weight excluding hydrogens is 431 g/mol. The third-order valence-electron chi connectivity index (χ3n) is 5.02. The highest BCUT2D eigenvalue weighted by Crippen LogP contribution is 2.40. The van der Waals surface area contributed by atoms with Gasteiger partial charge in [-0.05, 0) is 31.0 Å². The van der Waals surface area contributed by atoms with Crippen LogP contribution < -0.4 is 4.90 Å². The SMILES string of the molecule is CC(=O)N(c1nc(CSc2nc(C3CC3)nc3ccccc23)cs1)c1ccccc1F.